The van der Waals surface area contributed by atoms with E-state index in [1.54, 1.807) is 18.3 Å². The van der Waals surface area contributed by atoms with E-state index in [9.17, 15) is 14.3 Å². The van der Waals surface area contributed by atoms with Crippen LogP contribution in [0.4, 0.5) is 4.39 Å². The molecule has 2 saturated heterocycles. The summed E-state index contributed by atoms with van der Waals surface area (Å²) in [5.74, 6) is -1.04. The van der Waals surface area contributed by atoms with Crippen LogP contribution in [0, 0.1) is 5.82 Å². The summed E-state index contributed by atoms with van der Waals surface area (Å²) in [6.07, 6.45) is 3.71. The molecule has 2 N–H and O–H groups in total. The van der Waals surface area contributed by atoms with Crippen LogP contribution in [0.15, 0.2) is 30.5 Å². The third kappa shape index (κ3) is 3.81. The highest BCUT2D eigenvalue weighted by molar-refractivity contribution is 5.93. The van der Waals surface area contributed by atoms with Gasteiger partial charge >= 0.3 is 5.97 Å². The second-order valence-corrected chi connectivity index (χ2v) is 9.44. The Hall–Kier alpha value is -3.50. The summed E-state index contributed by atoms with van der Waals surface area (Å²) >= 11 is 0. The van der Waals surface area contributed by atoms with Crippen LogP contribution in [0.5, 0.6) is 5.75 Å². The first-order valence-electron chi connectivity index (χ1n) is 12.2. The number of halogens is 1. The molecule has 0 saturated carbocycles. The fourth-order valence-electron chi connectivity index (χ4n) is 5.62. The molecular weight excluding hydrogens is 467 g/mol. The van der Waals surface area contributed by atoms with Crippen LogP contribution < -0.4 is 4.74 Å². The highest BCUT2D eigenvalue weighted by Crippen LogP contribution is 2.44. The highest BCUT2D eigenvalue weighted by Gasteiger charge is 2.35. The highest BCUT2D eigenvalue weighted by atomic mass is 19.1. The molecule has 4 aromatic rings. The fraction of sp³-hybridized carbons (Fsp3) is 0.423. The average molecular weight is 495 g/mol. The summed E-state index contributed by atoms with van der Waals surface area (Å²) in [7, 11) is 1.45. The Morgan fingerprint density at radius 1 is 1.19 bits per heavy atom. The van der Waals surface area contributed by atoms with E-state index < -0.39 is 17.9 Å². The summed E-state index contributed by atoms with van der Waals surface area (Å²) in [5, 5.41) is 17.4. The van der Waals surface area contributed by atoms with Crippen molar-refractivity contribution in [2.45, 2.75) is 43.6 Å². The van der Waals surface area contributed by atoms with Gasteiger partial charge in [-0.15, -0.1) is 0 Å². The van der Waals surface area contributed by atoms with Crippen LogP contribution in [0.3, 0.4) is 0 Å². The van der Waals surface area contributed by atoms with Crippen molar-refractivity contribution < 1.29 is 28.5 Å². The molecule has 3 aromatic heterocycles. The van der Waals surface area contributed by atoms with Crippen LogP contribution in [-0.4, -0.2) is 63.9 Å². The first-order valence-corrected chi connectivity index (χ1v) is 12.2. The van der Waals surface area contributed by atoms with Crippen molar-refractivity contribution in [3.8, 4) is 11.4 Å². The quantitative estimate of drug-likeness (QED) is 0.426. The minimum atomic E-state index is -0.934. The van der Waals surface area contributed by atoms with Crippen LogP contribution in [0.2, 0.25) is 0 Å². The number of aliphatic carboxylic acids is 1. The van der Waals surface area contributed by atoms with Gasteiger partial charge in [0.25, 0.3) is 0 Å². The van der Waals surface area contributed by atoms with E-state index in [2.05, 4.69) is 14.8 Å². The molecule has 0 amide bonds. The number of hydrogen-bond acceptors (Lipinski definition) is 6. The van der Waals surface area contributed by atoms with Crippen LogP contribution in [0.1, 0.15) is 48.8 Å². The van der Waals surface area contributed by atoms with Crippen molar-refractivity contribution in [1.29, 1.82) is 0 Å². The van der Waals surface area contributed by atoms with E-state index in [1.165, 1.54) is 13.2 Å². The lowest BCUT2D eigenvalue weighted by molar-refractivity contribution is -0.153. The molecule has 36 heavy (non-hydrogen) atoms. The molecule has 2 atom stereocenters. The zero-order valence-electron chi connectivity index (χ0n) is 19.9. The number of nitrogens with zero attached hydrogens (tertiary/aromatic N) is 3. The van der Waals surface area contributed by atoms with Crippen LogP contribution >= 0.6 is 0 Å². The molecule has 2 aliphatic rings. The predicted molar refractivity (Wildman–Crippen MR) is 129 cm³/mol. The Morgan fingerprint density at radius 3 is 2.75 bits per heavy atom. The molecule has 0 bridgehead atoms. The summed E-state index contributed by atoms with van der Waals surface area (Å²) in [6, 6.07) is 6.92. The van der Waals surface area contributed by atoms with Gasteiger partial charge in [0.05, 0.1) is 30.9 Å². The minimum absolute atomic E-state index is 0.0302. The Bertz CT molecular complexity index is 1430. The molecular formula is C26H27FN4O5. The standard InChI is InChI=1S/C26H27FN4O5/c1-34-21-11-17(3-4-18(21)27)31-19-10-16-12-28-30-25(16)29-23(19)22(24(31)14-6-8-35-9-7-14)15-2-5-20(26(32)33)36-13-15/h3-4,10-12,14-15,20H,2,5-9,13H2,1H3,(H,32,33)(H,28,29,30)/t15-,20?/m1/s1. The fourth-order valence-corrected chi connectivity index (χ4v) is 5.62. The van der Waals surface area contributed by atoms with Gasteiger partial charge in [0, 0.05) is 53.4 Å². The number of benzene rings is 1. The number of pyridine rings is 1. The van der Waals surface area contributed by atoms with Gasteiger partial charge in [0.15, 0.2) is 23.3 Å². The normalized spacial score (nSPS) is 21.3. The first kappa shape index (κ1) is 22.9. The number of nitrogens with one attached hydrogen (secondary N) is 1. The zero-order chi connectivity index (χ0) is 24.8. The topological polar surface area (TPSA) is 111 Å². The number of aromatic nitrogens is 4. The van der Waals surface area contributed by atoms with Gasteiger partial charge in [-0.25, -0.2) is 14.2 Å². The third-order valence-corrected chi connectivity index (χ3v) is 7.38. The molecule has 6 rings (SSSR count). The van der Waals surface area contributed by atoms with Crippen molar-refractivity contribution >= 4 is 28.0 Å². The largest absolute Gasteiger partial charge is 0.494 e. The zero-order valence-corrected chi connectivity index (χ0v) is 19.9. The number of rotatable bonds is 5. The monoisotopic (exact) mass is 494 g/mol. The van der Waals surface area contributed by atoms with E-state index in [0.29, 0.717) is 38.3 Å². The Balaban J connectivity index is 1.62. The summed E-state index contributed by atoms with van der Waals surface area (Å²) < 4.78 is 33.3. The number of carboxylic acid groups (broad SMARTS) is 1. The lowest BCUT2D eigenvalue weighted by atomic mass is 9.85. The summed E-state index contributed by atoms with van der Waals surface area (Å²) in [6.45, 7) is 1.60. The van der Waals surface area contributed by atoms with Gasteiger partial charge in [-0.1, -0.05) is 0 Å². The third-order valence-electron chi connectivity index (χ3n) is 7.38. The van der Waals surface area contributed by atoms with Crippen molar-refractivity contribution in [3.63, 3.8) is 0 Å². The number of H-pyrrole nitrogens is 1. The van der Waals surface area contributed by atoms with Gasteiger partial charge in [-0.05, 0) is 43.9 Å². The first-order chi connectivity index (χ1) is 17.5. The van der Waals surface area contributed by atoms with E-state index in [1.807, 2.05) is 6.07 Å². The van der Waals surface area contributed by atoms with Gasteiger partial charge in [-0.2, -0.15) is 5.10 Å². The van der Waals surface area contributed by atoms with E-state index in [4.69, 9.17) is 19.2 Å². The van der Waals surface area contributed by atoms with Crippen LogP contribution in [-0.2, 0) is 14.3 Å². The van der Waals surface area contributed by atoms with Crippen molar-refractivity contribution in [2.24, 2.45) is 0 Å². The van der Waals surface area contributed by atoms with Crippen molar-refractivity contribution in [2.75, 3.05) is 26.9 Å². The molecule has 5 heterocycles. The SMILES string of the molecule is COc1cc(-n2c(C3CCOCC3)c([C@@H]3CCC(C(=O)O)OC3)c3nc4[nH]ncc4cc32)ccc1F. The lowest BCUT2D eigenvalue weighted by Gasteiger charge is -2.30. The molecule has 10 heteroatoms. The molecule has 1 aromatic carbocycles. The number of carbonyl (C=O) groups is 1. The molecule has 1 unspecified atom stereocenters. The van der Waals surface area contributed by atoms with Gasteiger partial charge < -0.3 is 23.9 Å². The molecule has 0 radical (unpaired) electrons. The second-order valence-electron chi connectivity index (χ2n) is 9.44. The minimum Gasteiger partial charge on any atom is -0.494 e. The Labute approximate surface area is 206 Å². The van der Waals surface area contributed by atoms with Gasteiger partial charge in [0.2, 0.25) is 0 Å². The number of carboxylic acids is 1. The van der Waals surface area contributed by atoms with E-state index >= 15 is 0 Å². The predicted octanol–water partition coefficient (Wildman–Crippen LogP) is 4.29. The molecule has 0 spiro atoms. The second kappa shape index (κ2) is 9.18. The maximum atomic E-state index is 14.4. The molecule has 9 nitrogen and oxygen atoms in total. The Kier molecular flexibility index (Phi) is 5.85. The van der Waals surface area contributed by atoms with Crippen molar-refractivity contribution in [3.05, 3.63) is 47.5 Å². The van der Waals surface area contributed by atoms with E-state index in [0.717, 1.165) is 46.2 Å². The molecule has 2 aliphatic heterocycles. The smallest absolute Gasteiger partial charge is 0.332 e. The lowest BCUT2D eigenvalue weighted by Crippen LogP contribution is -2.32. The van der Waals surface area contributed by atoms with Gasteiger partial charge in [0.1, 0.15) is 0 Å². The van der Waals surface area contributed by atoms with Crippen LogP contribution in [0.25, 0.3) is 27.8 Å². The molecule has 188 valence electrons. The van der Waals surface area contributed by atoms with Gasteiger partial charge in [-0.3, -0.25) is 5.10 Å². The molecule has 0 aliphatic carbocycles. The molecule has 2 fully saturated rings. The number of aromatic amines is 1. The number of fused-ring (bicyclic) bond motifs is 2. The number of hydrogen-bond donors (Lipinski definition) is 2. The summed E-state index contributed by atoms with van der Waals surface area (Å²) in [4.78, 5) is 16.5. The average Bonchev–Trinajstić information content (AvgIpc) is 3.50. The maximum Gasteiger partial charge on any atom is 0.332 e. The maximum absolute atomic E-state index is 14.4. The Morgan fingerprint density at radius 2 is 2.03 bits per heavy atom. The van der Waals surface area contributed by atoms with E-state index in [-0.39, 0.29) is 17.6 Å². The number of ether oxygens (including phenoxy) is 3. The van der Waals surface area contributed by atoms with Crippen molar-refractivity contribution in [1.82, 2.24) is 19.7 Å². The summed E-state index contributed by atoms with van der Waals surface area (Å²) in [5.41, 5.74) is 5.30. The number of methoxy groups -OCH3 is 1.